The Morgan fingerprint density at radius 3 is 2.67 bits per heavy atom. The van der Waals surface area contributed by atoms with Crippen molar-refractivity contribution in [3.05, 3.63) is 23.8 Å². The van der Waals surface area contributed by atoms with Crippen LogP contribution in [0.2, 0.25) is 0 Å². The van der Waals surface area contributed by atoms with E-state index in [-0.39, 0.29) is 56.9 Å². The molecule has 0 radical (unpaired) electrons. The Bertz CT molecular complexity index is 575. The normalized spacial score (nSPS) is 15.6. The number of rotatable bonds is 5. The van der Waals surface area contributed by atoms with Gasteiger partial charge in [-0.15, -0.1) is 0 Å². The molecule has 0 aliphatic heterocycles. The van der Waals surface area contributed by atoms with E-state index in [0.29, 0.717) is 0 Å². The number of aliphatic hydroxyl groups is 2. The fourth-order valence-electron chi connectivity index (χ4n) is 1.10. The molecule has 0 bridgehead atoms. The van der Waals surface area contributed by atoms with Gasteiger partial charge in [0, 0.05) is 0 Å². The fourth-order valence-corrected chi connectivity index (χ4v) is 1.45. The molecule has 1 aromatic carbocycles. The molecule has 1 atom stereocenters. The number of aliphatic hydroxyl groups excluding tert-OH is 2. The molecule has 7 nitrogen and oxygen atoms in total. The van der Waals surface area contributed by atoms with E-state index >= 15 is 0 Å². The molecular formula is C9H11KO7S. The molecule has 0 saturated heterocycles. The minimum atomic E-state index is -5.12. The standard InChI is InChI=1S/C9H12O7S.K/c1-15-9-4-6(7(11)5-10)2-3-8(9)16-17(12,13)14;/h2-4,7,10-11H,5H2,1H3,(H,12,13,14);/q;+1/p-1/i1D3;. The number of hydrogen-bond donors (Lipinski definition) is 2. The molecule has 9 heteroatoms. The Hall–Kier alpha value is 0.286. The van der Waals surface area contributed by atoms with Gasteiger partial charge in [-0.1, -0.05) is 6.07 Å². The zero-order chi connectivity index (χ0) is 15.6. The van der Waals surface area contributed by atoms with Crippen LogP contribution in [0.15, 0.2) is 18.2 Å². The van der Waals surface area contributed by atoms with Crippen LogP contribution in [0.25, 0.3) is 0 Å². The van der Waals surface area contributed by atoms with Crippen molar-refractivity contribution in [1.82, 2.24) is 0 Å². The Kier molecular flexibility index (Phi) is 5.73. The molecule has 1 rings (SSSR count). The molecule has 1 aromatic rings. The van der Waals surface area contributed by atoms with Gasteiger partial charge in [-0.25, -0.2) is 8.42 Å². The number of hydrogen-bond acceptors (Lipinski definition) is 7. The second kappa shape index (κ2) is 7.77. The van der Waals surface area contributed by atoms with Crippen LogP contribution < -0.4 is 60.3 Å². The van der Waals surface area contributed by atoms with Crippen LogP contribution in [0.1, 0.15) is 15.8 Å². The van der Waals surface area contributed by atoms with Crippen molar-refractivity contribution in [3.63, 3.8) is 0 Å². The second-order valence-corrected chi connectivity index (χ2v) is 3.98. The van der Waals surface area contributed by atoms with Gasteiger partial charge < -0.3 is 23.7 Å². The maximum absolute atomic E-state index is 10.5. The molecule has 0 spiro atoms. The Balaban J connectivity index is 0.00000400. The van der Waals surface area contributed by atoms with Gasteiger partial charge in [0.1, 0.15) is 6.10 Å². The van der Waals surface area contributed by atoms with E-state index in [2.05, 4.69) is 8.92 Å². The summed E-state index contributed by atoms with van der Waals surface area (Å²) in [7, 11) is -8.04. The summed E-state index contributed by atoms with van der Waals surface area (Å²) in [6.45, 7) is -0.646. The van der Waals surface area contributed by atoms with Crippen molar-refractivity contribution >= 4 is 10.4 Å². The third kappa shape index (κ3) is 5.51. The molecule has 18 heavy (non-hydrogen) atoms. The number of ether oxygens (including phenoxy) is 1. The maximum Gasteiger partial charge on any atom is 1.00 e. The average Bonchev–Trinajstić information content (AvgIpc) is 2.26. The zero-order valence-corrected chi connectivity index (χ0v) is 13.3. The molecule has 0 saturated carbocycles. The minimum absolute atomic E-state index is 0. The molecule has 0 aliphatic carbocycles. The number of benzene rings is 1. The van der Waals surface area contributed by atoms with Crippen molar-refractivity contribution < 1.29 is 87.6 Å². The van der Waals surface area contributed by atoms with Gasteiger partial charge >= 0.3 is 51.4 Å². The van der Waals surface area contributed by atoms with E-state index in [1.165, 1.54) is 0 Å². The topological polar surface area (TPSA) is 116 Å². The van der Waals surface area contributed by atoms with Crippen molar-refractivity contribution in [2.75, 3.05) is 13.6 Å². The minimum Gasteiger partial charge on any atom is -0.716 e. The van der Waals surface area contributed by atoms with Crippen LogP contribution in [0, 0.1) is 0 Å². The van der Waals surface area contributed by atoms with Crippen LogP contribution >= 0.6 is 0 Å². The van der Waals surface area contributed by atoms with Crippen molar-refractivity contribution in [1.29, 1.82) is 0 Å². The summed E-state index contributed by atoms with van der Waals surface area (Å²) in [5.74, 6) is -1.21. The predicted octanol–water partition coefficient (Wildman–Crippen LogP) is -3.44. The van der Waals surface area contributed by atoms with Crippen LogP contribution in [-0.2, 0) is 10.4 Å². The quantitative estimate of drug-likeness (QED) is 0.330. The SMILES string of the molecule is [2H]C([2H])([2H])Oc1cc(C(O)CO)ccc1OS(=O)(=O)[O-].[K+]. The van der Waals surface area contributed by atoms with Crippen LogP contribution in [0.5, 0.6) is 11.5 Å². The molecule has 0 heterocycles. The monoisotopic (exact) mass is 305 g/mol. The Labute approximate surface area is 151 Å². The first-order valence-electron chi connectivity index (χ1n) is 5.79. The van der Waals surface area contributed by atoms with E-state index in [4.69, 9.17) is 9.22 Å². The largest absolute Gasteiger partial charge is 1.00 e. The maximum atomic E-state index is 10.5. The Morgan fingerprint density at radius 2 is 2.17 bits per heavy atom. The molecular weight excluding hydrogens is 291 g/mol. The summed E-state index contributed by atoms with van der Waals surface area (Å²) in [4.78, 5) is 0. The van der Waals surface area contributed by atoms with Crippen LogP contribution in [0.4, 0.5) is 0 Å². The zero-order valence-electron chi connectivity index (χ0n) is 12.4. The van der Waals surface area contributed by atoms with E-state index in [1.54, 1.807) is 0 Å². The summed E-state index contributed by atoms with van der Waals surface area (Å²) in [6, 6.07) is 3.03. The van der Waals surface area contributed by atoms with E-state index < -0.39 is 41.6 Å². The van der Waals surface area contributed by atoms with Crippen LogP contribution in [-0.4, -0.2) is 36.8 Å². The van der Waals surface area contributed by atoms with Gasteiger partial charge in [-0.2, -0.15) is 0 Å². The van der Waals surface area contributed by atoms with E-state index in [1.807, 2.05) is 0 Å². The van der Waals surface area contributed by atoms with E-state index in [9.17, 15) is 18.1 Å². The first kappa shape index (κ1) is 13.3. The Morgan fingerprint density at radius 1 is 1.50 bits per heavy atom. The van der Waals surface area contributed by atoms with Crippen molar-refractivity contribution in [3.8, 4) is 11.5 Å². The van der Waals surface area contributed by atoms with Gasteiger partial charge in [0.05, 0.1) is 17.8 Å². The molecule has 0 aliphatic rings. The molecule has 0 fully saturated rings. The molecule has 0 amide bonds. The van der Waals surface area contributed by atoms with Gasteiger partial charge in [-0.05, 0) is 17.7 Å². The van der Waals surface area contributed by atoms with Gasteiger partial charge in [0.15, 0.2) is 11.5 Å². The summed E-state index contributed by atoms with van der Waals surface area (Å²) < 4.78 is 60.9. The number of methoxy groups -OCH3 is 1. The third-order valence-corrected chi connectivity index (χ3v) is 2.21. The first-order valence-corrected chi connectivity index (χ1v) is 5.62. The first-order chi connectivity index (χ1) is 9.02. The van der Waals surface area contributed by atoms with Gasteiger partial charge in [0.25, 0.3) is 10.4 Å². The molecule has 1 unspecified atom stereocenters. The van der Waals surface area contributed by atoms with Crippen molar-refractivity contribution in [2.45, 2.75) is 6.10 Å². The van der Waals surface area contributed by atoms with E-state index in [0.717, 1.165) is 18.2 Å². The predicted molar refractivity (Wildman–Crippen MR) is 55.4 cm³/mol. The summed E-state index contributed by atoms with van der Waals surface area (Å²) in [5.41, 5.74) is 0.0578. The van der Waals surface area contributed by atoms with Gasteiger partial charge in [0.2, 0.25) is 0 Å². The fraction of sp³-hybridized carbons (Fsp3) is 0.333. The molecule has 2 N–H and O–H groups in total. The van der Waals surface area contributed by atoms with Crippen molar-refractivity contribution in [2.24, 2.45) is 0 Å². The summed E-state index contributed by atoms with van der Waals surface area (Å²) in [6.07, 6.45) is -1.33. The summed E-state index contributed by atoms with van der Waals surface area (Å²) in [5, 5.41) is 18.2. The van der Waals surface area contributed by atoms with Crippen LogP contribution in [0.3, 0.4) is 0 Å². The summed E-state index contributed by atoms with van der Waals surface area (Å²) >= 11 is 0. The second-order valence-electron chi connectivity index (χ2n) is 3.00. The van der Waals surface area contributed by atoms with Gasteiger partial charge in [-0.3, -0.25) is 0 Å². The molecule has 96 valence electrons. The third-order valence-electron chi connectivity index (χ3n) is 1.83. The average molecular weight is 305 g/mol. The molecule has 0 aromatic heterocycles. The smallest absolute Gasteiger partial charge is 0.716 e.